The molecule has 0 aromatic heterocycles. The lowest BCUT2D eigenvalue weighted by Crippen LogP contribution is -2.35. The van der Waals surface area contributed by atoms with Crippen LogP contribution in [0, 0.1) is 5.82 Å². The molecule has 1 aromatic rings. The summed E-state index contributed by atoms with van der Waals surface area (Å²) in [6.45, 7) is 0. The number of fused-ring (bicyclic) bond motifs is 3. The predicted molar refractivity (Wildman–Crippen MR) is 59.8 cm³/mol. The maximum Gasteiger partial charge on any atom is 0.151 e. The number of hydrogen-bond acceptors (Lipinski definition) is 3. The molecule has 0 saturated carbocycles. The molecule has 2 unspecified atom stereocenters. The van der Waals surface area contributed by atoms with Gasteiger partial charge in [-0.3, -0.25) is 0 Å². The molecule has 1 aromatic carbocycles. The first-order valence-corrected chi connectivity index (χ1v) is 7.14. The van der Waals surface area contributed by atoms with E-state index in [0.29, 0.717) is 6.42 Å². The van der Waals surface area contributed by atoms with Crippen LogP contribution in [0.4, 0.5) is 10.1 Å². The fourth-order valence-electron chi connectivity index (χ4n) is 2.64. The topological polar surface area (TPSA) is 46.2 Å². The minimum absolute atomic E-state index is 0.00523. The summed E-state index contributed by atoms with van der Waals surface area (Å²) in [6.07, 6.45) is 0.614. The van der Waals surface area contributed by atoms with Crippen molar-refractivity contribution < 1.29 is 12.8 Å². The quantitative estimate of drug-likeness (QED) is 0.749. The third-order valence-corrected chi connectivity index (χ3v) is 5.14. The van der Waals surface area contributed by atoms with Crippen LogP contribution in [0.5, 0.6) is 0 Å². The summed E-state index contributed by atoms with van der Waals surface area (Å²) in [5, 5.41) is 3.21. The van der Waals surface area contributed by atoms with Gasteiger partial charge in [-0.15, -0.1) is 0 Å². The van der Waals surface area contributed by atoms with Crippen LogP contribution >= 0.6 is 0 Å². The average Bonchev–Trinajstić information content (AvgIpc) is 2.53. The van der Waals surface area contributed by atoms with E-state index in [9.17, 15) is 12.8 Å². The van der Waals surface area contributed by atoms with Gasteiger partial charge < -0.3 is 5.32 Å². The molecule has 2 heterocycles. The van der Waals surface area contributed by atoms with Gasteiger partial charge in [0.25, 0.3) is 0 Å². The van der Waals surface area contributed by atoms with E-state index in [0.717, 1.165) is 11.3 Å². The van der Waals surface area contributed by atoms with Crippen LogP contribution in [0.25, 0.3) is 0 Å². The molecule has 5 heteroatoms. The fraction of sp³-hybridized carbons (Fsp3) is 0.455. The third-order valence-electron chi connectivity index (χ3n) is 3.41. The smallest absolute Gasteiger partial charge is 0.151 e. The van der Waals surface area contributed by atoms with Gasteiger partial charge in [0.2, 0.25) is 0 Å². The highest BCUT2D eigenvalue weighted by Gasteiger charge is 2.39. The third kappa shape index (κ3) is 1.50. The van der Waals surface area contributed by atoms with Crippen molar-refractivity contribution in [1.82, 2.24) is 0 Å². The highest BCUT2D eigenvalue weighted by Crippen LogP contribution is 2.40. The van der Waals surface area contributed by atoms with Crippen molar-refractivity contribution in [1.29, 1.82) is 0 Å². The van der Waals surface area contributed by atoms with Gasteiger partial charge in [-0.05, 0) is 24.1 Å². The molecule has 1 fully saturated rings. The number of nitrogens with one attached hydrogen (secondary N) is 1. The summed E-state index contributed by atoms with van der Waals surface area (Å²) < 4.78 is 36.2. The van der Waals surface area contributed by atoms with Crippen molar-refractivity contribution in [2.45, 2.75) is 18.4 Å². The Morgan fingerprint density at radius 2 is 2.19 bits per heavy atom. The minimum Gasteiger partial charge on any atom is -0.381 e. The van der Waals surface area contributed by atoms with E-state index < -0.39 is 9.84 Å². The van der Waals surface area contributed by atoms with E-state index in [-0.39, 0.29) is 29.3 Å². The minimum atomic E-state index is -2.92. The number of rotatable bonds is 0. The predicted octanol–water partition coefficient (Wildman–Crippen LogP) is 1.52. The van der Waals surface area contributed by atoms with Gasteiger partial charge in [0, 0.05) is 17.6 Å². The van der Waals surface area contributed by atoms with Crippen LogP contribution in [-0.4, -0.2) is 26.0 Å². The lowest BCUT2D eigenvalue weighted by molar-refractivity contribution is 0.539. The summed E-state index contributed by atoms with van der Waals surface area (Å²) in [4.78, 5) is 0. The molecule has 2 aliphatic heterocycles. The Morgan fingerprint density at radius 1 is 1.38 bits per heavy atom. The first-order valence-electron chi connectivity index (χ1n) is 5.31. The van der Waals surface area contributed by atoms with Gasteiger partial charge in [0.05, 0.1) is 11.5 Å². The summed E-state index contributed by atoms with van der Waals surface area (Å²) >= 11 is 0. The van der Waals surface area contributed by atoms with Gasteiger partial charge in [-0.25, -0.2) is 12.8 Å². The molecule has 1 N–H and O–H groups in total. The fourth-order valence-corrected chi connectivity index (χ4v) is 4.38. The van der Waals surface area contributed by atoms with Crippen molar-refractivity contribution in [3.8, 4) is 0 Å². The van der Waals surface area contributed by atoms with E-state index in [1.165, 1.54) is 12.1 Å². The zero-order valence-corrected chi connectivity index (χ0v) is 9.43. The standard InChI is InChI=1S/C11H12FNO2S/c12-7-1-2-8-9-6-16(14,15)4-3-10(9)13-11(8)5-7/h1-2,5,9-10,13H,3-4,6H2. The van der Waals surface area contributed by atoms with Crippen LogP contribution in [0.15, 0.2) is 18.2 Å². The second kappa shape index (κ2) is 3.20. The molecule has 2 aliphatic rings. The molecule has 1 saturated heterocycles. The average molecular weight is 241 g/mol. The monoisotopic (exact) mass is 241 g/mol. The Bertz CT molecular complexity index is 541. The molecule has 0 amide bonds. The molecule has 86 valence electrons. The Kier molecular flexibility index (Phi) is 2.01. The van der Waals surface area contributed by atoms with E-state index in [4.69, 9.17) is 0 Å². The molecular formula is C11H12FNO2S. The molecule has 0 radical (unpaired) electrons. The second-order valence-corrected chi connectivity index (χ2v) is 6.72. The van der Waals surface area contributed by atoms with Crippen LogP contribution in [0.1, 0.15) is 17.9 Å². The van der Waals surface area contributed by atoms with Crippen LogP contribution in [0.3, 0.4) is 0 Å². The number of halogens is 1. The van der Waals surface area contributed by atoms with E-state index in [2.05, 4.69) is 5.32 Å². The van der Waals surface area contributed by atoms with Crippen molar-refractivity contribution in [3.63, 3.8) is 0 Å². The maximum absolute atomic E-state index is 13.0. The maximum atomic E-state index is 13.0. The highest BCUT2D eigenvalue weighted by molar-refractivity contribution is 7.91. The molecule has 3 nitrogen and oxygen atoms in total. The Labute approximate surface area is 93.6 Å². The Balaban J connectivity index is 2.03. The molecule has 16 heavy (non-hydrogen) atoms. The van der Waals surface area contributed by atoms with Gasteiger partial charge in [0.1, 0.15) is 5.82 Å². The lowest BCUT2D eigenvalue weighted by atomic mass is 9.95. The van der Waals surface area contributed by atoms with E-state index in [1.54, 1.807) is 6.07 Å². The lowest BCUT2D eigenvalue weighted by Gasteiger charge is -2.25. The van der Waals surface area contributed by atoms with Crippen LogP contribution < -0.4 is 5.32 Å². The van der Waals surface area contributed by atoms with Gasteiger partial charge in [-0.2, -0.15) is 0 Å². The summed E-state index contributed by atoms with van der Waals surface area (Å²) in [5.41, 5.74) is 1.70. The first-order chi connectivity index (χ1) is 7.55. The Morgan fingerprint density at radius 3 is 3.00 bits per heavy atom. The number of hydrogen-bond donors (Lipinski definition) is 1. The van der Waals surface area contributed by atoms with Crippen molar-refractivity contribution in [3.05, 3.63) is 29.6 Å². The summed E-state index contributed by atoms with van der Waals surface area (Å²) in [7, 11) is -2.92. The Hall–Kier alpha value is -1.10. The first kappa shape index (κ1) is 10.1. The SMILES string of the molecule is O=S1(=O)CCC2Nc3cc(F)ccc3C2C1. The molecule has 2 atom stereocenters. The number of sulfone groups is 1. The van der Waals surface area contributed by atoms with E-state index >= 15 is 0 Å². The number of benzene rings is 1. The van der Waals surface area contributed by atoms with Gasteiger partial charge >= 0.3 is 0 Å². The highest BCUT2D eigenvalue weighted by atomic mass is 32.2. The zero-order chi connectivity index (χ0) is 11.3. The van der Waals surface area contributed by atoms with E-state index in [1.807, 2.05) is 0 Å². The van der Waals surface area contributed by atoms with Gasteiger partial charge in [-0.1, -0.05) is 6.07 Å². The second-order valence-electron chi connectivity index (χ2n) is 4.49. The molecule has 0 aliphatic carbocycles. The van der Waals surface area contributed by atoms with Crippen molar-refractivity contribution in [2.24, 2.45) is 0 Å². The largest absolute Gasteiger partial charge is 0.381 e. The number of anilines is 1. The molecule has 3 rings (SSSR count). The normalized spacial score (nSPS) is 30.3. The molecular weight excluding hydrogens is 229 g/mol. The van der Waals surface area contributed by atoms with Crippen LogP contribution in [0.2, 0.25) is 0 Å². The van der Waals surface area contributed by atoms with Crippen LogP contribution in [-0.2, 0) is 9.84 Å². The van der Waals surface area contributed by atoms with Crippen molar-refractivity contribution in [2.75, 3.05) is 16.8 Å². The summed E-state index contributed by atoms with van der Waals surface area (Å²) in [6, 6.07) is 4.69. The zero-order valence-electron chi connectivity index (χ0n) is 8.61. The molecule has 0 bridgehead atoms. The molecule has 0 spiro atoms. The van der Waals surface area contributed by atoms with Gasteiger partial charge in [0.15, 0.2) is 9.84 Å². The van der Waals surface area contributed by atoms with Crippen molar-refractivity contribution >= 4 is 15.5 Å². The summed E-state index contributed by atoms with van der Waals surface area (Å²) in [5.74, 6) is 0.128.